The van der Waals surface area contributed by atoms with Crippen LogP contribution in [0.25, 0.3) is 0 Å². The molecule has 3 rings (SSSR count). The van der Waals surface area contributed by atoms with Gasteiger partial charge in [0.05, 0.1) is 0 Å². The Hall–Kier alpha value is -0.670. The van der Waals surface area contributed by atoms with Crippen LogP contribution in [0.4, 0.5) is 0 Å². The van der Waals surface area contributed by atoms with E-state index in [-0.39, 0.29) is 5.41 Å². The Morgan fingerprint density at radius 2 is 2.21 bits per heavy atom. The molecule has 0 bridgehead atoms. The number of rotatable bonds is 4. The van der Waals surface area contributed by atoms with E-state index in [0.717, 1.165) is 18.0 Å². The van der Waals surface area contributed by atoms with Crippen molar-refractivity contribution in [2.75, 3.05) is 18.1 Å². The normalized spacial score (nSPS) is 25.6. The number of hydrogen-bond acceptors (Lipinski definition) is 3. The largest absolute Gasteiger partial charge is 0.490 e. The van der Waals surface area contributed by atoms with Crippen LogP contribution in [0.15, 0.2) is 24.3 Å². The van der Waals surface area contributed by atoms with Gasteiger partial charge in [0, 0.05) is 17.7 Å². The van der Waals surface area contributed by atoms with Gasteiger partial charge in [0.15, 0.2) is 0 Å². The topological polar surface area (TPSA) is 35.2 Å². The maximum absolute atomic E-state index is 6.14. The molecule has 2 aliphatic rings. The highest BCUT2D eigenvalue weighted by molar-refractivity contribution is 7.99. The van der Waals surface area contributed by atoms with Crippen molar-refractivity contribution < 1.29 is 4.74 Å². The van der Waals surface area contributed by atoms with Crippen LogP contribution in [0.2, 0.25) is 0 Å². The Bertz CT molecular complexity index is 419. The summed E-state index contributed by atoms with van der Waals surface area (Å²) in [5.41, 5.74) is 7.60. The Morgan fingerprint density at radius 1 is 1.32 bits per heavy atom. The lowest BCUT2D eigenvalue weighted by Crippen LogP contribution is -2.41. The minimum Gasteiger partial charge on any atom is -0.490 e. The van der Waals surface area contributed by atoms with E-state index in [1.807, 2.05) is 11.8 Å². The van der Waals surface area contributed by atoms with Crippen LogP contribution >= 0.6 is 11.8 Å². The van der Waals surface area contributed by atoms with Gasteiger partial charge in [0.25, 0.3) is 0 Å². The van der Waals surface area contributed by atoms with Crippen LogP contribution < -0.4 is 10.5 Å². The van der Waals surface area contributed by atoms with Crippen molar-refractivity contribution >= 4 is 11.8 Å². The van der Waals surface area contributed by atoms with Crippen molar-refractivity contribution in [2.24, 2.45) is 5.73 Å². The predicted molar refractivity (Wildman–Crippen MR) is 82.0 cm³/mol. The van der Waals surface area contributed by atoms with Gasteiger partial charge in [-0.25, -0.2) is 0 Å². The van der Waals surface area contributed by atoms with Gasteiger partial charge < -0.3 is 10.5 Å². The lowest BCUT2D eigenvalue weighted by Gasteiger charge is -2.41. The number of benzene rings is 1. The monoisotopic (exact) mass is 277 g/mol. The first-order valence-electron chi connectivity index (χ1n) is 7.37. The molecule has 0 radical (unpaired) electrons. The molecule has 104 valence electrons. The summed E-state index contributed by atoms with van der Waals surface area (Å²) in [6.45, 7) is 0.760. The molecule has 1 aromatic rings. The lowest BCUT2D eigenvalue weighted by molar-refractivity contribution is 0.209. The van der Waals surface area contributed by atoms with Crippen LogP contribution in [0, 0.1) is 0 Å². The molecular weight excluding hydrogens is 254 g/mol. The molecule has 2 nitrogen and oxygen atoms in total. The maximum atomic E-state index is 6.14. The first-order chi connectivity index (χ1) is 9.32. The zero-order chi connectivity index (χ0) is 13.1. The third kappa shape index (κ3) is 2.77. The Labute approximate surface area is 120 Å². The van der Waals surface area contributed by atoms with Gasteiger partial charge >= 0.3 is 0 Å². The summed E-state index contributed by atoms with van der Waals surface area (Å²) in [5, 5.41) is 0. The second kappa shape index (κ2) is 5.76. The van der Waals surface area contributed by atoms with E-state index in [1.165, 1.54) is 43.4 Å². The van der Waals surface area contributed by atoms with Crippen molar-refractivity contribution in [1.82, 2.24) is 0 Å². The first kappa shape index (κ1) is 13.3. The fourth-order valence-electron chi connectivity index (χ4n) is 3.11. The maximum Gasteiger partial charge on any atom is 0.120 e. The minimum absolute atomic E-state index is 0.237. The molecule has 2 N–H and O–H groups in total. The molecule has 2 fully saturated rings. The first-order valence-corrected chi connectivity index (χ1v) is 8.53. The van der Waals surface area contributed by atoms with Crippen molar-refractivity contribution in [3.05, 3.63) is 29.8 Å². The lowest BCUT2D eigenvalue weighted by atomic mass is 9.64. The van der Waals surface area contributed by atoms with E-state index in [4.69, 9.17) is 10.5 Å². The van der Waals surface area contributed by atoms with Crippen molar-refractivity contribution in [3.8, 4) is 5.75 Å². The number of hydrogen-bond donors (Lipinski definition) is 1. The fourth-order valence-corrected chi connectivity index (χ4v) is 4.15. The van der Waals surface area contributed by atoms with E-state index in [9.17, 15) is 0 Å². The minimum atomic E-state index is 0.237. The van der Waals surface area contributed by atoms with Crippen molar-refractivity contribution in [1.29, 1.82) is 0 Å². The highest BCUT2D eigenvalue weighted by Crippen LogP contribution is 2.43. The van der Waals surface area contributed by atoms with Crippen molar-refractivity contribution in [2.45, 2.75) is 43.6 Å². The molecule has 0 spiro atoms. The fraction of sp³-hybridized carbons (Fsp3) is 0.625. The smallest absolute Gasteiger partial charge is 0.120 e. The van der Waals surface area contributed by atoms with Gasteiger partial charge in [-0.1, -0.05) is 18.6 Å². The predicted octanol–water partition coefficient (Wildman–Crippen LogP) is 3.34. The molecule has 1 heterocycles. The summed E-state index contributed by atoms with van der Waals surface area (Å²) in [6, 6.07) is 8.65. The third-order valence-electron chi connectivity index (χ3n) is 4.57. The second-order valence-electron chi connectivity index (χ2n) is 5.82. The van der Waals surface area contributed by atoms with E-state index in [0.29, 0.717) is 6.10 Å². The molecule has 3 heteroatoms. The summed E-state index contributed by atoms with van der Waals surface area (Å²) in [5.74, 6) is 3.45. The zero-order valence-electron chi connectivity index (χ0n) is 11.4. The van der Waals surface area contributed by atoms with Crippen LogP contribution in [0.1, 0.15) is 37.7 Å². The molecule has 1 atom stereocenters. The molecule has 1 aliphatic carbocycles. The van der Waals surface area contributed by atoms with Crippen LogP contribution in [0.5, 0.6) is 5.75 Å². The highest BCUT2D eigenvalue weighted by Gasteiger charge is 2.37. The zero-order valence-corrected chi connectivity index (χ0v) is 12.3. The van der Waals surface area contributed by atoms with E-state index in [2.05, 4.69) is 24.3 Å². The molecule has 19 heavy (non-hydrogen) atoms. The van der Waals surface area contributed by atoms with E-state index >= 15 is 0 Å². The highest BCUT2D eigenvalue weighted by atomic mass is 32.2. The standard InChI is InChI=1S/C16H23NOS/c17-12-16(7-3-8-16)13-4-1-5-14(10-13)18-15-6-2-9-19-11-15/h1,4-5,10,15H,2-3,6-9,11-12,17H2. The summed E-state index contributed by atoms with van der Waals surface area (Å²) < 4.78 is 6.14. The average molecular weight is 277 g/mol. The SMILES string of the molecule is NCC1(c2cccc(OC3CCCSC3)c2)CCC1. The van der Waals surface area contributed by atoms with Gasteiger partial charge in [-0.2, -0.15) is 11.8 Å². The second-order valence-corrected chi connectivity index (χ2v) is 6.97. The summed E-state index contributed by atoms with van der Waals surface area (Å²) in [7, 11) is 0. The van der Waals surface area contributed by atoms with E-state index < -0.39 is 0 Å². The molecular formula is C16H23NOS. The van der Waals surface area contributed by atoms with Crippen LogP contribution in [0.3, 0.4) is 0 Å². The molecule has 1 saturated carbocycles. The molecule has 0 aromatic heterocycles. The van der Waals surface area contributed by atoms with Crippen LogP contribution in [-0.4, -0.2) is 24.2 Å². The molecule has 1 saturated heterocycles. The average Bonchev–Trinajstić information content (AvgIpc) is 2.40. The molecule has 1 aliphatic heterocycles. The summed E-state index contributed by atoms with van der Waals surface area (Å²) >= 11 is 2.01. The number of nitrogens with two attached hydrogens (primary N) is 1. The Morgan fingerprint density at radius 3 is 2.84 bits per heavy atom. The van der Waals surface area contributed by atoms with Gasteiger partial charge in [-0.15, -0.1) is 0 Å². The number of thioether (sulfide) groups is 1. The van der Waals surface area contributed by atoms with Gasteiger partial charge in [-0.3, -0.25) is 0 Å². The summed E-state index contributed by atoms with van der Waals surface area (Å²) in [6.07, 6.45) is 6.63. The van der Waals surface area contributed by atoms with Gasteiger partial charge in [-0.05, 0) is 49.1 Å². The third-order valence-corrected chi connectivity index (χ3v) is 5.75. The molecule has 1 aromatic carbocycles. The molecule has 1 unspecified atom stereocenters. The van der Waals surface area contributed by atoms with Crippen LogP contribution in [-0.2, 0) is 5.41 Å². The molecule has 0 amide bonds. The van der Waals surface area contributed by atoms with Gasteiger partial charge in [0.2, 0.25) is 0 Å². The Balaban J connectivity index is 1.72. The number of ether oxygens (including phenoxy) is 1. The van der Waals surface area contributed by atoms with Gasteiger partial charge in [0.1, 0.15) is 11.9 Å². The van der Waals surface area contributed by atoms with E-state index in [1.54, 1.807) is 0 Å². The van der Waals surface area contributed by atoms with Crippen molar-refractivity contribution in [3.63, 3.8) is 0 Å². The summed E-state index contributed by atoms with van der Waals surface area (Å²) in [4.78, 5) is 0. The Kier molecular flexibility index (Phi) is 4.04. The quantitative estimate of drug-likeness (QED) is 0.916.